The molecule has 0 amide bonds. The maximum Gasteiger partial charge on any atom is 0.255 e. The van der Waals surface area contributed by atoms with Crippen LogP contribution in [0.1, 0.15) is 12.0 Å². The van der Waals surface area contributed by atoms with Crippen LogP contribution in [0.2, 0.25) is 0 Å². The van der Waals surface area contributed by atoms with Crippen LogP contribution in [0.3, 0.4) is 0 Å². The van der Waals surface area contributed by atoms with Crippen molar-refractivity contribution in [2.75, 3.05) is 6.61 Å². The lowest BCUT2D eigenvalue weighted by Gasteiger charge is -2.09. The quantitative estimate of drug-likeness (QED) is 0.648. The third-order valence-corrected chi connectivity index (χ3v) is 3.20. The number of hydrogen-bond acceptors (Lipinski definition) is 2. The first-order valence-corrected chi connectivity index (χ1v) is 8.01. The summed E-state index contributed by atoms with van der Waals surface area (Å²) >= 11 is 7.92. The Hall–Kier alpha value is 0.230. The standard InChI is InChI=1S/C9H13BrNO2PS/c10-9-5-3-8(4-6-9)2-1-7-13-14(11,12)15/h3-6H,1-2,7H2,(H3,11,12,15). The monoisotopic (exact) mass is 309 g/mol. The van der Waals surface area contributed by atoms with Crippen LogP contribution in [0.25, 0.3) is 0 Å². The Balaban J connectivity index is 2.26. The zero-order valence-electron chi connectivity index (χ0n) is 8.10. The van der Waals surface area contributed by atoms with E-state index in [-0.39, 0.29) is 0 Å². The number of rotatable bonds is 5. The molecule has 1 aromatic rings. The molecule has 0 fully saturated rings. The summed E-state index contributed by atoms with van der Waals surface area (Å²) < 4.78 is 5.99. The van der Waals surface area contributed by atoms with Gasteiger partial charge in [-0.25, -0.2) is 0 Å². The average Bonchev–Trinajstić information content (AvgIpc) is 2.14. The molecule has 0 heterocycles. The first kappa shape index (κ1) is 13.3. The lowest BCUT2D eigenvalue weighted by molar-refractivity contribution is 0.302. The van der Waals surface area contributed by atoms with Gasteiger partial charge in [0.1, 0.15) is 0 Å². The minimum absolute atomic E-state index is 0.403. The van der Waals surface area contributed by atoms with E-state index in [1.807, 2.05) is 24.3 Å². The van der Waals surface area contributed by atoms with Gasteiger partial charge in [0.05, 0.1) is 6.61 Å². The molecule has 3 N–H and O–H groups in total. The fraction of sp³-hybridized carbons (Fsp3) is 0.333. The molecule has 0 bridgehead atoms. The Morgan fingerprint density at radius 3 is 2.53 bits per heavy atom. The number of aryl methyl sites for hydroxylation is 1. The molecule has 0 aliphatic heterocycles. The van der Waals surface area contributed by atoms with Gasteiger partial charge in [-0.15, -0.1) is 0 Å². The van der Waals surface area contributed by atoms with Gasteiger partial charge in [0.2, 0.25) is 0 Å². The minimum Gasteiger partial charge on any atom is -0.334 e. The second kappa shape index (κ2) is 6.09. The molecule has 0 saturated heterocycles. The molecular weight excluding hydrogens is 297 g/mol. The molecule has 0 saturated carbocycles. The second-order valence-corrected chi connectivity index (χ2v) is 7.00. The van der Waals surface area contributed by atoms with Crippen LogP contribution in [-0.4, -0.2) is 11.5 Å². The highest BCUT2D eigenvalue weighted by molar-refractivity contribution is 9.10. The van der Waals surface area contributed by atoms with Crippen molar-refractivity contribution < 1.29 is 9.42 Å². The summed E-state index contributed by atoms with van der Waals surface area (Å²) in [5, 5.41) is 0. The van der Waals surface area contributed by atoms with Crippen molar-refractivity contribution in [3.8, 4) is 0 Å². The van der Waals surface area contributed by atoms with Crippen LogP contribution in [0.4, 0.5) is 0 Å². The fourth-order valence-electron chi connectivity index (χ4n) is 1.12. The van der Waals surface area contributed by atoms with Crippen molar-refractivity contribution in [1.82, 2.24) is 0 Å². The minimum atomic E-state index is -2.97. The van der Waals surface area contributed by atoms with Gasteiger partial charge in [-0.1, -0.05) is 28.1 Å². The first-order chi connectivity index (χ1) is 6.97. The Kier molecular flexibility index (Phi) is 5.39. The van der Waals surface area contributed by atoms with E-state index < -0.39 is 6.64 Å². The molecule has 1 aromatic carbocycles. The molecule has 6 heteroatoms. The average molecular weight is 310 g/mol. The van der Waals surface area contributed by atoms with Gasteiger partial charge in [0, 0.05) is 4.47 Å². The molecule has 0 radical (unpaired) electrons. The molecule has 0 aliphatic carbocycles. The molecule has 0 aliphatic rings. The third kappa shape index (κ3) is 6.40. The van der Waals surface area contributed by atoms with Crippen LogP contribution in [0, 0.1) is 0 Å². The second-order valence-electron chi connectivity index (χ2n) is 3.13. The lowest BCUT2D eigenvalue weighted by atomic mass is 10.1. The molecule has 15 heavy (non-hydrogen) atoms. The van der Waals surface area contributed by atoms with Crippen LogP contribution in [0.5, 0.6) is 0 Å². The van der Waals surface area contributed by atoms with E-state index in [9.17, 15) is 0 Å². The fourth-order valence-corrected chi connectivity index (χ4v) is 2.00. The van der Waals surface area contributed by atoms with E-state index in [1.54, 1.807) is 0 Å². The van der Waals surface area contributed by atoms with E-state index in [0.29, 0.717) is 6.61 Å². The summed E-state index contributed by atoms with van der Waals surface area (Å²) in [5.74, 6) is 0. The van der Waals surface area contributed by atoms with Crippen LogP contribution in [0.15, 0.2) is 28.7 Å². The highest BCUT2D eigenvalue weighted by Crippen LogP contribution is 2.31. The van der Waals surface area contributed by atoms with Gasteiger partial charge in [-0.3, -0.25) is 5.50 Å². The number of halogens is 1. The first-order valence-electron chi connectivity index (χ1n) is 4.48. The largest absolute Gasteiger partial charge is 0.334 e. The molecule has 0 spiro atoms. The highest BCUT2D eigenvalue weighted by Gasteiger charge is 2.04. The molecule has 0 aromatic heterocycles. The molecule has 3 nitrogen and oxygen atoms in total. The van der Waals surface area contributed by atoms with Gasteiger partial charge in [0.15, 0.2) is 0 Å². The smallest absolute Gasteiger partial charge is 0.255 e. The predicted octanol–water partition coefficient (Wildman–Crippen LogP) is 2.57. The lowest BCUT2D eigenvalue weighted by Crippen LogP contribution is -2.00. The predicted molar refractivity (Wildman–Crippen MR) is 69.1 cm³/mol. The van der Waals surface area contributed by atoms with Gasteiger partial charge < -0.3 is 9.42 Å². The summed E-state index contributed by atoms with van der Waals surface area (Å²) in [6.45, 7) is -2.57. The van der Waals surface area contributed by atoms with Crippen molar-refractivity contribution in [3.63, 3.8) is 0 Å². The molecule has 1 unspecified atom stereocenters. The van der Waals surface area contributed by atoms with E-state index in [4.69, 9.17) is 14.9 Å². The topological polar surface area (TPSA) is 55.5 Å². The van der Waals surface area contributed by atoms with Crippen molar-refractivity contribution >= 4 is 34.4 Å². The summed E-state index contributed by atoms with van der Waals surface area (Å²) in [6, 6.07) is 8.08. The Labute approximate surface area is 103 Å². The Morgan fingerprint density at radius 2 is 2.00 bits per heavy atom. The summed E-state index contributed by atoms with van der Waals surface area (Å²) in [6.07, 6.45) is 1.69. The zero-order valence-corrected chi connectivity index (χ0v) is 11.4. The molecule has 1 rings (SSSR count). The normalized spacial score (nSPS) is 14.9. The van der Waals surface area contributed by atoms with Crippen molar-refractivity contribution in [2.24, 2.45) is 5.50 Å². The summed E-state index contributed by atoms with van der Waals surface area (Å²) in [5.41, 5.74) is 6.41. The van der Waals surface area contributed by atoms with Crippen LogP contribution in [-0.2, 0) is 22.8 Å². The van der Waals surface area contributed by atoms with E-state index in [0.717, 1.165) is 17.3 Å². The zero-order chi connectivity index (χ0) is 11.3. The maximum atomic E-state index is 9.03. The van der Waals surface area contributed by atoms with Gasteiger partial charge in [-0.2, -0.15) is 0 Å². The summed E-state index contributed by atoms with van der Waals surface area (Å²) in [7, 11) is 0. The van der Waals surface area contributed by atoms with Crippen molar-refractivity contribution in [2.45, 2.75) is 12.8 Å². The van der Waals surface area contributed by atoms with Gasteiger partial charge in [0.25, 0.3) is 6.64 Å². The van der Waals surface area contributed by atoms with Crippen LogP contribution < -0.4 is 5.50 Å². The van der Waals surface area contributed by atoms with E-state index >= 15 is 0 Å². The van der Waals surface area contributed by atoms with Crippen molar-refractivity contribution in [1.29, 1.82) is 0 Å². The number of hydrogen-bond donors (Lipinski definition) is 2. The number of benzene rings is 1. The van der Waals surface area contributed by atoms with Crippen molar-refractivity contribution in [3.05, 3.63) is 34.3 Å². The molecule has 1 atom stereocenters. The van der Waals surface area contributed by atoms with Crippen LogP contribution >= 0.6 is 22.6 Å². The Morgan fingerprint density at radius 1 is 1.40 bits per heavy atom. The maximum absolute atomic E-state index is 9.03. The Bertz CT molecular complexity index is 352. The molecule has 84 valence electrons. The van der Waals surface area contributed by atoms with Gasteiger partial charge >= 0.3 is 0 Å². The van der Waals surface area contributed by atoms with E-state index in [2.05, 4.69) is 27.7 Å². The number of nitrogens with two attached hydrogens (primary N) is 1. The third-order valence-electron chi connectivity index (χ3n) is 1.80. The van der Waals surface area contributed by atoms with Gasteiger partial charge in [-0.05, 0) is 42.3 Å². The summed E-state index contributed by atoms with van der Waals surface area (Å²) in [4.78, 5) is 9.03. The SMILES string of the molecule is NP(O)(=S)OCCCc1ccc(Br)cc1. The van der Waals surface area contributed by atoms with E-state index in [1.165, 1.54) is 5.56 Å². The highest BCUT2D eigenvalue weighted by atomic mass is 79.9. The molecular formula is C9H13BrNO2PS.